The predicted octanol–water partition coefficient (Wildman–Crippen LogP) is 1.81. The standard InChI is InChI=1S/C11H13N3/c1-2-4-10-9(3-1)13-11(14-10)7-12-8-5-6-8/h1-4,8,12H,5-7H2,(H,13,14). The normalized spacial score (nSPS) is 16.3. The van der Waals surface area contributed by atoms with E-state index < -0.39 is 0 Å². The second-order valence-electron chi connectivity index (χ2n) is 3.86. The van der Waals surface area contributed by atoms with Gasteiger partial charge in [0, 0.05) is 6.04 Å². The SMILES string of the molecule is c1ccc2[nH]c(CNC3CC3)nc2c1. The van der Waals surface area contributed by atoms with Gasteiger partial charge >= 0.3 is 0 Å². The Hall–Kier alpha value is -1.35. The summed E-state index contributed by atoms with van der Waals surface area (Å²) in [6, 6.07) is 8.87. The smallest absolute Gasteiger partial charge is 0.121 e. The van der Waals surface area contributed by atoms with Crippen LogP contribution in [0, 0.1) is 0 Å². The van der Waals surface area contributed by atoms with Crippen LogP contribution in [0.1, 0.15) is 18.7 Å². The fourth-order valence-corrected chi connectivity index (χ4v) is 1.62. The summed E-state index contributed by atoms with van der Waals surface area (Å²) in [5.41, 5.74) is 2.18. The molecule has 3 rings (SSSR count). The lowest BCUT2D eigenvalue weighted by Crippen LogP contribution is -2.16. The maximum Gasteiger partial charge on any atom is 0.121 e. The van der Waals surface area contributed by atoms with Crippen LogP contribution >= 0.6 is 0 Å². The molecule has 1 aliphatic carbocycles. The fraction of sp³-hybridized carbons (Fsp3) is 0.364. The number of hydrogen-bond donors (Lipinski definition) is 2. The van der Waals surface area contributed by atoms with Gasteiger partial charge in [-0.1, -0.05) is 12.1 Å². The highest BCUT2D eigenvalue weighted by Crippen LogP contribution is 2.19. The largest absolute Gasteiger partial charge is 0.341 e. The number of hydrogen-bond acceptors (Lipinski definition) is 2. The fourth-order valence-electron chi connectivity index (χ4n) is 1.62. The van der Waals surface area contributed by atoms with Crippen molar-refractivity contribution in [1.29, 1.82) is 0 Å². The molecule has 1 aromatic heterocycles. The molecule has 0 amide bonds. The van der Waals surface area contributed by atoms with Crippen LogP contribution in [0.15, 0.2) is 24.3 Å². The van der Waals surface area contributed by atoms with E-state index in [1.54, 1.807) is 0 Å². The zero-order valence-electron chi connectivity index (χ0n) is 7.96. The van der Waals surface area contributed by atoms with Gasteiger partial charge in [0.25, 0.3) is 0 Å². The van der Waals surface area contributed by atoms with Crippen molar-refractivity contribution in [3.63, 3.8) is 0 Å². The van der Waals surface area contributed by atoms with Gasteiger partial charge in [-0.15, -0.1) is 0 Å². The van der Waals surface area contributed by atoms with Gasteiger partial charge in [0.2, 0.25) is 0 Å². The molecule has 72 valence electrons. The van der Waals surface area contributed by atoms with Crippen molar-refractivity contribution in [2.75, 3.05) is 0 Å². The highest BCUT2D eigenvalue weighted by molar-refractivity contribution is 5.74. The van der Waals surface area contributed by atoms with E-state index in [2.05, 4.69) is 21.4 Å². The van der Waals surface area contributed by atoms with Crippen LogP contribution in [0.3, 0.4) is 0 Å². The van der Waals surface area contributed by atoms with Crippen molar-refractivity contribution in [3.8, 4) is 0 Å². The molecule has 0 aliphatic heterocycles. The first-order chi connectivity index (χ1) is 6.92. The average Bonchev–Trinajstić information content (AvgIpc) is 2.94. The first-order valence-electron chi connectivity index (χ1n) is 5.09. The average molecular weight is 187 g/mol. The summed E-state index contributed by atoms with van der Waals surface area (Å²) in [6.07, 6.45) is 2.64. The summed E-state index contributed by atoms with van der Waals surface area (Å²) in [5, 5.41) is 3.44. The number of fused-ring (bicyclic) bond motifs is 1. The molecule has 0 radical (unpaired) electrons. The van der Waals surface area contributed by atoms with E-state index in [1.807, 2.05) is 18.2 Å². The van der Waals surface area contributed by atoms with E-state index in [-0.39, 0.29) is 0 Å². The molecular formula is C11H13N3. The third-order valence-corrected chi connectivity index (χ3v) is 2.57. The second kappa shape index (κ2) is 3.10. The molecule has 2 N–H and O–H groups in total. The Kier molecular flexibility index (Phi) is 1.77. The number of nitrogens with zero attached hydrogens (tertiary/aromatic N) is 1. The van der Waals surface area contributed by atoms with E-state index in [0.29, 0.717) is 0 Å². The summed E-state index contributed by atoms with van der Waals surface area (Å²) in [6.45, 7) is 0.860. The number of imidazole rings is 1. The quantitative estimate of drug-likeness (QED) is 0.769. The Morgan fingerprint density at radius 1 is 1.36 bits per heavy atom. The van der Waals surface area contributed by atoms with E-state index in [4.69, 9.17) is 0 Å². The summed E-state index contributed by atoms with van der Waals surface area (Å²) in [5.74, 6) is 1.04. The van der Waals surface area contributed by atoms with Gasteiger partial charge < -0.3 is 10.3 Å². The maximum absolute atomic E-state index is 4.49. The van der Waals surface area contributed by atoms with Crippen molar-refractivity contribution >= 4 is 11.0 Å². The van der Waals surface area contributed by atoms with Crippen LogP contribution < -0.4 is 5.32 Å². The Balaban J connectivity index is 1.82. The number of aromatic amines is 1. The lowest BCUT2D eigenvalue weighted by atomic mass is 10.3. The van der Waals surface area contributed by atoms with Crippen LogP contribution in [0.2, 0.25) is 0 Å². The third-order valence-electron chi connectivity index (χ3n) is 2.57. The van der Waals surface area contributed by atoms with Crippen LogP contribution in [0.4, 0.5) is 0 Å². The minimum atomic E-state index is 0.739. The summed E-state index contributed by atoms with van der Waals surface area (Å²) in [4.78, 5) is 7.80. The van der Waals surface area contributed by atoms with Crippen molar-refractivity contribution < 1.29 is 0 Å². The monoisotopic (exact) mass is 187 g/mol. The van der Waals surface area contributed by atoms with Gasteiger partial charge in [0.05, 0.1) is 17.6 Å². The van der Waals surface area contributed by atoms with Gasteiger partial charge in [-0.25, -0.2) is 4.98 Å². The second-order valence-corrected chi connectivity index (χ2v) is 3.86. The minimum absolute atomic E-state index is 0.739. The summed E-state index contributed by atoms with van der Waals surface area (Å²) < 4.78 is 0. The molecule has 3 heteroatoms. The minimum Gasteiger partial charge on any atom is -0.341 e. The molecule has 2 aromatic rings. The molecule has 1 saturated carbocycles. The van der Waals surface area contributed by atoms with Crippen LogP contribution in [0.25, 0.3) is 11.0 Å². The Labute approximate surface area is 82.5 Å². The predicted molar refractivity (Wildman–Crippen MR) is 56.0 cm³/mol. The van der Waals surface area contributed by atoms with Crippen molar-refractivity contribution in [1.82, 2.24) is 15.3 Å². The number of nitrogens with one attached hydrogen (secondary N) is 2. The highest BCUT2D eigenvalue weighted by Gasteiger charge is 2.20. The molecule has 3 nitrogen and oxygen atoms in total. The summed E-state index contributed by atoms with van der Waals surface area (Å²) >= 11 is 0. The van der Waals surface area contributed by atoms with E-state index in [0.717, 1.165) is 29.4 Å². The molecule has 14 heavy (non-hydrogen) atoms. The maximum atomic E-state index is 4.49. The van der Waals surface area contributed by atoms with Crippen LogP contribution in [-0.4, -0.2) is 16.0 Å². The number of benzene rings is 1. The molecule has 0 unspecified atom stereocenters. The zero-order chi connectivity index (χ0) is 9.38. The molecule has 0 saturated heterocycles. The molecule has 0 atom stereocenters. The topological polar surface area (TPSA) is 40.7 Å². The lowest BCUT2D eigenvalue weighted by Gasteiger charge is -1.96. The molecule has 1 aliphatic rings. The molecular weight excluding hydrogens is 174 g/mol. The first-order valence-corrected chi connectivity index (χ1v) is 5.09. The van der Waals surface area contributed by atoms with Crippen molar-refractivity contribution in [2.24, 2.45) is 0 Å². The number of H-pyrrole nitrogens is 1. The van der Waals surface area contributed by atoms with Gasteiger partial charge in [-0.2, -0.15) is 0 Å². The molecule has 0 bridgehead atoms. The molecule has 1 heterocycles. The highest BCUT2D eigenvalue weighted by atomic mass is 15.0. The lowest BCUT2D eigenvalue weighted by molar-refractivity contribution is 0.665. The Bertz CT molecular complexity index is 409. The molecule has 1 aromatic carbocycles. The Morgan fingerprint density at radius 2 is 2.21 bits per heavy atom. The first kappa shape index (κ1) is 8.00. The van der Waals surface area contributed by atoms with Gasteiger partial charge in [0.1, 0.15) is 5.82 Å². The van der Waals surface area contributed by atoms with E-state index in [1.165, 1.54) is 12.8 Å². The van der Waals surface area contributed by atoms with Gasteiger partial charge in [-0.3, -0.25) is 0 Å². The van der Waals surface area contributed by atoms with Crippen LogP contribution in [0.5, 0.6) is 0 Å². The number of rotatable bonds is 3. The van der Waals surface area contributed by atoms with E-state index in [9.17, 15) is 0 Å². The number of aromatic nitrogens is 2. The van der Waals surface area contributed by atoms with Gasteiger partial charge in [-0.05, 0) is 25.0 Å². The zero-order valence-corrected chi connectivity index (χ0v) is 7.96. The number of para-hydroxylation sites is 2. The van der Waals surface area contributed by atoms with Crippen molar-refractivity contribution in [3.05, 3.63) is 30.1 Å². The van der Waals surface area contributed by atoms with Gasteiger partial charge in [0.15, 0.2) is 0 Å². The van der Waals surface area contributed by atoms with Crippen molar-refractivity contribution in [2.45, 2.75) is 25.4 Å². The molecule has 0 spiro atoms. The van der Waals surface area contributed by atoms with Crippen LogP contribution in [-0.2, 0) is 6.54 Å². The third kappa shape index (κ3) is 1.51. The summed E-state index contributed by atoms with van der Waals surface area (Å²) in [7, 11) is 0. The molecule has 1 fully saturated rings. The van der Waals surface area contributed by atoms with E-state index >= 15 is 0 Å². The Morgan fingerprint density at radius 3 is 3.00 bits per heavy atom.